The van der Waals surface area contributed by atoms with Gasteiger partial charge in [0.05, 0.1) is 0 Å². The van der Waals surface area contributed by atoms with Crippen molar-refractivity contribution in [2.45, 2.75) is 25.1 Å². The Morgan fingerprint density at radius 3 is 2.38 bits per heavy atom. The lowest BCUT2D eigenvalue weighted by atomic mass is 9.86. The van der Waals surface area contributed by atoms with Crippen molar-refractivity contribution in [2.75, 3.05) is 6.61 Å². The lowest BCUT2D eigenvalue weighted by Crippen LogP contribution is -2.51. The molecule has 2 nitrogen and oxygen atoms in total. The van der Waals surface area contributed by atoms with Gasteiger partial charge in [-0.3, -0.25) is 0 Å². The van der Waals surface area contributed by atoms with Crippen molar-refractivity contribution < 1.29 is 18.3 Å². The molecule has 0 aliphatic carbocycles. The molecular weight excluding hydrogens is 219 g/mol. The molecule has 0 aliphatic rings. The van der Waals surface area contributed by atoms with Gasteiger partial charge in [-0.25, -0.2) is 0 Å². The summed E-state index contributed by atoms with van der Waals surface area (Å²) in [5.74, 6) is 0. The van der Waals surface area contributed by atoms with Gasteiger partial charge in [-0.1, -0.05) is 29.8 Å². The van der Waals surface area contributed by atoms with Crippen LogP contribution in [0.25, 0.3) is 0 Å². The van der Waals surface area contributed by atoms with Crippen molar-refractivity contribution in [3.63, 3.8) is 0 Å². The van der Waals surface area contributed by atoms with Crippen molar-refractivity contribution in [3.8, 4) is 0 Å². The third kappa shape index (κ3) is 2.36. The summed E-state index contributed by atoms with van der Waals surface area (Å²) in [6.07, 6.45) is -5.12. The van der Waals surface area contributed by atoms with Crippen LogP contribution in [0.1, 0.15) is 17.5 Å². The highest BCUT2D eigenvalue weighted by atomic mass is 19.4. The zero-order valence-electron chi connectivity index (χ0n) is 8.88. The number of nitrogens with two attached hydrogens (primary N) is 1. The van der Waals surface area contributed by atoms with Crippen LogP contribution in [0.5, 0.6) is 0 Å². The van der Waals surface area contributed by atoms with Crippen LogP contribution in [0.3, 0.4) is 0 Å². The fourth-order valence-electron chi connectivity index (χ4n) is 1.55. The van der Waals surface area contributed by atoms with E-state index >= 15 is 0 Å². The number of rotatable bonds is 3. The van der Waals surface area contributed by atoms with Crippen LogP contribution in [-0.2, 0) is 5.54 Å². The molecule has 1 rings (SSSR count). The van der Waals surface area contributed by atoms with Gasteiger partial charge in [-0.15, -0.1) is 0 Å². The van der Waals surface area contributed by atoms with Crippen LogP contribution < -0.4 is 5.73 Å². The van der Waals surface area contributed by atoms with Gasteiger partial charge in [0.15, 0.2) is 0 Å². The summed E-state index contributed by atoms with van der Waals surface area (Å²) in [7, 11) is 0. The zero-order valence-corrected chi connectivity index (χ0v) is 8.88. The molecule has 0 heterocycles. The molecule has 0 aromatic heterocycles. The fourth-order valence-corrected chi connectivity index (χ4v) is 1.55. The van der Waals surface area contributed by atoms with E-state index in [1.165, 1.54) is 18.2 Å². The highest BCUT2D eigenvalue weighted by molar-refractivity contribution is 5.30. The molecule has 5 heteroatoms. The molecule has 0 bridgehead atoms. The Balaban J connectivity index is 3.21. The monoisotopic (exact) mass is 233 g/mol. The van der Waals surface area contributed by atoms with Crippen molar-refractivity contribution in [3.05, 3.63) is 35.4 Å². The Bertz CT molecular complexity index is 364. The van der Waals surface area contributed by atoms with E-state index in [1.54, 1.807) is 13.0 Å². The van der Waals surface area contributed by atoms with E-state index in [4.69, 9.17) is 10.8 Å². The van der Waals surface area contributed by atoms with E-state index in [9.17, 15) is 13.2 Å². The second-order valence-electron chi connectivity index (χ2n) is 3.81. The minimum atomic E-state index is -4.58. The minimum absolute atomic E-state index is 0.0194. The average Bonchev–Trinajstić information content (AvgIpc) is 2.16. The van der Waals surface area contributed by atoms with Crippen molar-refractivity contribution in [1.29, 1.82) is 0 Å². The second kappa shape index (κ2) is 4.43. The maximum absolute atomic E-state index is 12.9. The van der Waals surface area contributed by atoms with Crippen molar-refractivity contribution in [2.24, 2.45) is 5.73 Å². The van der Waals surface area contributed by atoms with Gasteiger partial charge in [0.1, 0.15) is 5.54 Å². The highest BCUT2D eigenvalue weighted by Crippen LogP contribution is 2.39. The Labute approximate surface area is 91.9 Å². The van der Waals surface area contributed by atoms with Gasteiger partial charge in [0.25, 0.3) is 0 Å². The first-order valence-corrected chi connectivity index (χ1v) is 4.85. The Kier molecular flexibility index (Phi) is 3.60. The predicted octanol–water partition coefficient (Wildman–Crippen LogP) is 2.09. The van der Waals surface area contributed by atoms with Gasteiger partial charge in [-0.2, -0.15) is 13.2 Å². The van der Waals surface area contributed by atoms with E-state index in [-0.39, 0.29) is 5.56 Å². The van der Waals surface area contributed by atoms with Gasteiger partial charge in [0.2, 0.25) is 0 Å². The van der Waals surface area contributed by atoms with Crippen LogP contribution in [0.15, 0.2) is 24.3 Å². The molecule has 0 radical (unpaired) electrons. The lowest BCUT2D eigenvalue weighted by molar-refractivity contribution is -0.193. The van der Waals surface area contributed by atoms with Crippen molar-refractivity contribution >= 4 is 0 Å². The standard InChI is InChI=1S/C11H14F3NO/c1-8-3-2-4-9(7-8)10(15,5-6-16)11(12,13)14/h2-4,7,16H,5-6,15H2,1H3. The summed E-state index contributed by atoms with van der Waals surface area (Å²) in [4.78, 5) is 0. The van der Waals surface area contributed by atoms with Crippen LogP contribution in [0.4, 0.5) is 13.2 Å². The van der Waals surface area contributed by atoms with E-state index in [2.05, 4.69) is 0 Å². The summed E-state index contributed by atoms with van der Waals surface area (Å²) in [6, 6.07) is 5.94. The van der Waals surface area contributed by atoms with E-state index in [0.717, 1.165) is 0 Å². The number of hydrogen-bond acceptors (Lipinski definition) is 2. The molecule has 0 saturated carbocycles. The third-order valence-corrected chi connectivity index (χ3v) is 2.55. The number of benzene rings is 1. The molecule has 90 valence electrons. The molecule has 0 saturated heterocycles. The molecule has 1 aromatic carbocycles. The molecule has 0 fully saturated rings. The third-order valence-electron chi connectivity index (χ3n) is 2.55. The Morgan fingerprint density at radius 1 is 1.31 bits per heavy atom. The first-order chi connectivity index (χ1) is 7.31. The molecular formula is C11H14F3NO. The molecule has 1 atom stereocenters. The topological polar surface area (TPSA) is 46.2 Å². The number of alkyl halides is 3. The maximum Gasteiger partial charge on any atom is 0.410 e. The largest absolute Gasteiger partial charge is 0.410 e. The van der Waals surface area contributed by atoms with Crippen LogP contribution in [0, 0.1) is 6.92 Å². The summed E-state index contributed by atoms with van der Waals surface area (Å²) in [5.41, 5.74) is 3.60. The van der Waals surface area contributed by atoms with Gasteiger partial charge >= 0.3 is 6.18 Å². The minimum Gasteiger partial charge on any atom is -0.396 e. The Hall–Kier alpha value is -1.07. The summed E-state index contributed by atoms with van der Waals surface area (Å²) < 4.78 is 38.6. The lowest BCUT2D eigenvalue weighted by Gasteiger charge is -2.32. The summed E-state index contributed by atoms with van der Waals surface area (Å²) in [6.45, 7) is 1.09. The van der Waals surface area contributed by atoms with E-state index < -0.39 is 24.7 Å². The van der Waals surface area contributed by atoms with Crippen LogP contribution in [0.2, 0.25) is 0 Å². The van der Waals surface area contributed by atoms with E-state index in [0.29, 0.717) is 5.56 Å². The van der Waals surface area contributed by atoms with Crippen molar-refractivity contribution in [1.82, 2.24) is 0 Å². The molecule has 16 heavy (non-hydrogen) atoms. The van der Waals surface area contributed by atoms with Gasteiger partial charge < -0.3 is 10.8 Å². The number of aliphatic hydroxyl groups excluding tert-OH is 1. The summed E-state index contributed by atoms with van der Waals surface area (Å²) in [5, 5.41) is 8.72. The Morgan fingerprint density at radius 2 is 1.94 bits per heavy atom. The van der Waals surface area contributed by atoms with Gasteiger partial charge in [0, 0.05) is 13.0 Å². The predicted molar refractivity (Wildman–Crippen MR) is 54.8 cm³/mol. The molecule has 1 aromatic rings. The number of hydrogen-bond donors (Lipinski definition) is 2. The number of aliphatic hydroxyl groups is 1. The highest BCUT2D eigenvalue weighted by Gasteiger charge is 2.52. The second-order valence-corrected chi connectivity index (χ2v) is 3.81. The molecule has 1 unspecified atom stereocenters. The smallest absolute Gasteiger partial charge is 0.396 e. The van der Waals surface area contributed by atoms with Crippen LogP contribution >= 0.6 is 0 Å². The molecule has 3 N–H and O–H groups in total. The number of halogens is 3. The van der Waals surface area contributed by atoms with Gasteiger partial charge in [-0.05, 0) is 12.5 Å². The SMILES string of the molecule is Cc1cccc(C(N)(CCO)C(F)(F)F)c1. The quantitative estimate of drug-likeness (QED) is 0.839. The summed E-state index contributed by atoms with van der Waals surface area (Å²) >= 11 is 0. The van der Waals surface area contributed by atoms with Crippen LogP contribution in [-0.4, -0.2) is 17.9 Å². The van der Waals surface area contributed by atoms with E-state index in [1.807, 2.05) is 0 Å². The number of aryl methyl sites for hydroxylation is 1. The molecule has 0 amide bonds. The maximum atomic E-state index is 12.9. The zero-order chi connectivity index (χ0) is 12.4. The average molecular weight is 233 g/mol. The first kappa shape index (κ1) is 13.0. The molecule has 0 spiro atoms. The first-order valence-electron chi connectivity index (χ1n) is 4.85. The fraction of sp³-hybridized carbons (Fsp3) is 0.455. The molecule has 0 aliphatic heterocycles. The normalized spacial score (nSPS) is 15.9.